The Labute approximate surface area is 118 Å². The van der Waals surface area contributed by atoms with Crippen LogP contribution in [-0.2, 0) is 12.8 Å². The maximum atomic E-state index is 13.5. The molecule has 3 rings (SSSR count). The number of ether oxygens (including phenoxy) is 1. The van der Waals surface area contributed by atoms with Gasteiger partial charge in [0.25, 0.3) is 0 Å². The number of nitrogens with two attached hydrogens (primary N) is 1. The molecule has 0 fully saturated rings. The first-order chi connectivity index (χ1) is 9.69. The smallest absolute Gasteiger partial charge is 0.124 e. The summed E-state index contributed by atoms with van der Waals surface area (Å²) >= 11 is 0. The molecule has 2 nitrogen and oxygen atoms in total. The van der Waals surface area contributed by atoms with E-state index in [4.69, 9.17) is 10.5 Å². The average molecular weight is 271 g/mol. The highest BCUT2D eigenvalue weighted by molar-refractivity contribution is 5.44. The summed E-state index contributed by atoms with van der Waals surface area (Å²) in [5, 5.41) is 0. The molecular weight excluding hydrogens is 253 g/mol. The van der Waals surface area contributed by atoms with Gasteiger partial charge in [-0.05, 0) is 54.2 Å². The summed E-state index contributed by atoms with van der Waals surface area (Å²) in [4.78, 5) is 0. The van der Waals surface area contributed by atoms with Gasteiger partial charge in [-0.3, -0.25) is 0 Å². The molecule has 1 atom stereocenters. The number of methoxy groups -OCH3 is 1. The zero-order valence-electron chi connectivity index (χ0n) is 11.5. The summed E-state index contributed by atoms with van der Waals surface area (Å²) in [7, 11) is 1.58. The van der Waals surface area contributed by atoms with Gasteiger partial charge in [-0.15, -0.1) is 0 Å². The van der Waals surface area contributed by atoms with Crippen LogP contribution in [0, 0.1) is 5.82 Å². The topological polar surface area (TPSA) is 35.2 Å². The van der Waals surface area contributed by atoms with Crippen molar-refractivity contribution < 1.29 is 9.13 Å². The van der Waals surface area contributed by atoms with Gasteiger partial charge in [0, 0.05) is 5.56 Å². The molecule has 0 radical (unpaired) electrons. The molecule has 2 aromatic rings. The quantitative estimate of drug-likeness (QED) is 0.929. The molecule has 3 heteroatoms. The lowest BCUT2D eigenvalue weighted by Crippen LogP contribution is -2.13. The fourth-order valence-electron chi connectivity index (χ4n) is 2.91. The number of hydrogen-bond donors (Lipinski definition) is 1. The second kappa shape index (κ2) is 5.25. The molecule has 0 saturated carbocycles. The standard InChI is InChI=1S/C17H18FNO/c1-20-16-8-7-14(18)10-15(16)17(19)13-6-5-11-3-2-4-12(11)9-13/h5-10,17H,2-4,19H2,1H3. The Hall–Kier alpha value is -1.87. The second-order valence-electron chi connectivity index (χ2n) is 5.25. The van der Waals surface area contributed by atoms with Gasteiger partial charge in [-0.1, -0.05) is 18.2 Å². The third-order valence-electron chi connectivity index (χ3n) is 4.01. The van der Waals surface area contributed by atoms with Gasteiger partial charge < -0.3 is 10.5 Å². The van der Waals surface area contributed by atoms with Crippen LogP contribution in [0.25, 0.3) is 0 Å². The van der Waals surface area contributed by atoms with E-state index in [0.29, 0.717) is 11.3 Å². The molecule has 20 heavy (non-hydrogen) atoms. The van der Waals surface area contributed by atoms with Crippen molar-refractivity contribution in [3.05, 3.63) is 64.5 Å². The van der Waals surface area contributed by atoms with E-state index >= 15 is 0 Å². The van der Waals surface area contributed by atoms with Crippen LogP contribution in [0.4, 0.5) is 4.39 Å². The first-order valence-corrected chi connectivity index (χ1v) is 6.90. The van der Waals surface area contributed by atoms with E-state index in [0.717, 1.165) is 18.4 Å². The van der Waals surface area contributed by atoms with Crippen LogP contribution in [0.3, 0.4) is 0 Å². The van der Waals surface area contributed by atoms with Gasteiger partial charge >= 0.3 is 0 Å². The van der Waals surface area contributed by atoms with Gasteiger partial charge in [0.1, 0.15) is 11.6 Å². The third-order valence-corrected chi connectivity index (χ3v) is 4.01. The largest absolute Gasteiger partial charge is 0.496 e. The van der Waals surface area contributed by atoms with Gasteiger partial charge in [0.05, 0.1) is 13.2 Å². The lowest BCUT2D eigenvalue weighted by atomic mass is 9.95. The Morgan fingerprint density at radius 2 is 1.90 bits per heavy atom. The van der Waals surface area contributed by atoms with Crippen molar-refractivity contribution in [2.45, 2.75) is 25.3 Å². The van der Waals surface area contributed by atoms with Crippen molar-refractivity contribution in [3.8, 4) is 5.75 Å². The van der Waals surface area contributed by atoms with Gasteiger partial charge in [0.2, 0.25) is 0 Å². The van der Waals surface area contributed by atoms with E-state index in [1.54, 1.807) is 13.2 Å². The summed E-state index contributed by atoms with van der Waals surface area (Å²) < 4.78 is 18.8. The molecule has 0 aromatic heterocycles. The Morgan fingerprint density at radius 1 is 1.10 bits per heavy atom. The number of fused-ring (bicyclic) bond motifs is 1. The molecule has 0 aliphatic heterocycles. The van der Waals surface area contributed by atoms with E-state index < -0.39 is 0 Å². The van der Waals surface area contributed by atoms with E-state index in [9.17, 15) is 4.39 Å². The molecule has 1 aliphatic carbocycles. The molecule has 1 unspecified atom stereocenters. The Bertz CT molecular complexity index is 639. The van der Waals surface area contributed by atoms with Crippen molar-refractivity contribution in [2.24, 2.45) is 5.73 Å². The summed E-state index contributed by atoms with van der Waals surface area (Å²) in [6.07, 6.45) is 3.46. The second-order valence-corrected chi connectivity index (χ2v) is 5.25. The zero-order chi connectivity index (χ0) is 14.1. The zero-order valence-corrected chi connectivity index (χ0v) is 11.5. The van der Waals surface area contributed by atoms with Gasteiger partial charge in [-0.2, -0.15) is 0 Å². The molecule has 104 valence electrons. The lowest BCUT2D eigenvalue weighted by molar-refractivity contribution is 0.406. The van der Waals surface area contributed by atoms with Crippen LogP contribution in [0.2, 0.25) is 0 Å². The fraction of sp³-hybridized carbons (Fsp3) is 0.294. The molecule has 2 N–H and O–H groups in total. The molecule has 0 bridgehead atoms. The monoisotopic (exact) mass is 271 g/mol. The summed E-state index contributed by atoms with van der Waals surface area (Å²) in [6.45, 7) is 0. The minimum atomic E-state index is -0.369. The van der Waals surface area contributed by atoms with Crippen LogP contribution in [-0.4, -0.2) is 7.11 Å². The predicted molar refractivity (Wildman–Crippen MR) is 77.4 cm³/mol. The van der Waals surface area contributed by atoms with Crippen LogP contribution >= 0.6 is 0 Å². The minimum absolute atomic E-state index is 0.294. The van der Waals surface area contributed by atoms with Crippen LogP contribution in [0.1, 0.15) is 34.7 Å². The Balaban J connectivity index is 2.00. The van der Waals surface area contributed by atoms with Gasteiger partial charge in [-0.25, -0.2) is 4.39 Å². The molecule has 0 heterocycles. The maximum absolute atomic E-state index is 13.5. The summed E-state index contributed by atoms with van der Waals surface area (Å²) in [5.41, 5.74) is 10.8. The maximum Gasteiger partial charge on any atom is 0.124 e. The molecule has 0 saturated heterocycles. The SMILES string of the molecule is COc1ccc(F)cc1C(N)c1ccc2c(c1)CCC2. The number of benzene rings is 2. The highest BCUT2D eigenvalue weighted by Crippen LogP contribution is 2.31. The highest BCUT2D eigenvalue weighted by Gasteiger charge is 2.18. The lowest BCUT2D eigenvalue weighted by Gasteiger charge is -2.17. The van der Waals surface area contributed by atoms with Crippen LogP contribution < -0.4 is 10.5 Å². The van der Waals surface area contributed by atoms with Crippen molar-refractivity contribution in [1.82, 2.24) is 0 Å². The number of rotatable bonds is 3. The normalized spacial score (nSPS) is 14.9. The van der Waals surface area contributed by atoms with Gasteiger partial charge in [0.15, 0.2) is 0 Å². The van der Waals surface area contributed by atoms with E-state index in [2.05, 4.69) is 12.1 Å². The van der Waals surface area contributed by atoms with Crippen LogP contribution in [0.15, 0.2) is 36.4 Å². The Kier molecular flexibility index (Phi) is 3.45. The molecule has 0 spiro atoms. The molecule has 0 amide bonds. The first kappa shape index (κ1) is 13.1. The first-order valence-electron chi connectivity index (χ1n) is 6.90. The minimum Gasteiger partial charge on any atom is -0.496 e. The summed E-state index contributed by atoms with van der Waals surface area (Å²) in [6, 6.07) is 10.4. The summed E-state index contributed by atoms with van der Waals surface area (Å²) in [5.74, 6) is 0.330. The van der Waals surface area contributed by atoms with Crippen molar-refractivity contribution in [1.29, 1.82) is 0 Å². The van der Waals surface area contributed by atoms with Crippen molar-refractivity contribution in [3.63, 3.8) is 0 Å². The van der Waals surface area contributed by atoms with E-state index in [1.165, 1.54) is 29.7 Å². The van der Waals surface area contributed by atoms with Crippen molar-refractivity contribution >= 4 is 0 Å². The fourth-order valence-corrected chi connectivity index (χ4v) is 2.91. The highest BCUT2D eigenvalue weighted by atomic mass is 19.1. The van der Waals surface area contributed by atoms with E-state index in [1.807, 2.05) is 6.07 Å². The Morgan fingerprint density at radius 3 is 2.70 bits per heavy atom. The number of aryl methyl sites for hydroxylation is 2. The average Bonchev–Trinajstić information content (AvgIpc) is 2.93. The predicted octanol–water partition coefficient (Wildman–Crippen LogP) is 3.37. The molecule has 2 aromatic carbocycles. The number of halogens is 1. The number of hydrogen-bond acceptors (Lipinski definition) is 2. The molecular formula is C17H18FNO. The van der Waals surface area contributed by atoms with E-state index in [-0.39, 0.29) is 11.9 Å². The third kappa shape index (κ3) is 2.29. The van der Waals surface area contributed by atoms with Crippen molar-refractivity contribution in [2.75, 3.05) is 7.11 Å². The van der Waals surface area contributed by atoms with Crippen LogP contribution in [0.5, 0.6) is 5.75 Å². The molecule has 1 aliphatic rings.